The summed E-state index contributed by atoms with van der Waals surface area (Å²) in [5.41, 5.74) is 4.31. The Morgan fingerprint density at radius 3 is 2.20 bits per heavy atom. The van der Waals surface area contributed by atoms with Gasteiger partial charge in [-0.25, -0.2) is 0 Å². The third-order valence-electron chi connectivity index (χ3n) is 5.63. The van der Waals surface area contributed by atoms with E-state index in [9.17, 15) is 9.59 Å². The van der Waals surface area contributed by atoms with Crippen LogP contribution < -0.4 is 5.32 Å². The van der Waals surface area contributed by atoms with Crippen LogP contribution in [0, 0.1) is 12.8 Å². The lowest BCUT2D eigenvalue weighted by Crippen LogP contribution is -2.36. The van der Waals surface area contributed by atoms with E-state index in [1.54, 1.807) is 4.90 Å². The fourth-order valence-corrected chi connectivity index (χ4v) is 3.93. The number of aryl methyl sites for hydroxylation is 1. The Kier molecular flexibility index (Phi) is 5.94. The number of nitrogens with one attached hydrogen (secondary N) is 1. The highest BCUT2D eigenvalue weighted by molar-refractivity contribution is 5.89. The fraction of sp³-hybridized carbons (Fsp3) is 0.231. The molecule has 2 amide bonds. The minimum atomic E-state index is -0.335. The van der Waals surface area contributed by atoms with E-state index in [-0.39, 0.29) is 30.2 Å². The van der Waals surface area contributed by atoms with Gasteiger partial charge in [0, 0.05) is 19.5 Å². The third-order valence-corrected chi connectivity index (χ3v) is 5.63. The van der Waals surface area contributed by atoms with E-state index in [0.29, 0.717) is 13.1 Å². The SMILES string of the molecule is Cc1ccc(C(NC(=O)C2CC(=O)N(Cc3ccccc3)C2)c2ccccc2)cc1. The lowest BCUT2D eigenvalue weighted by molar-refractivity contribution is -0.129. The normalized spacial score (nSPS) is 17.0. The highest BCUT2D eigenvalue weighted by Crippen LogP contribution is 2.25. The average molecular weight is 399 g/mol. The Labute approximate surface area is 177 Å². The van der Waals surface area contributed by atoms with Crippen molar-refractivity contribution in [2.45, 2.75) is 25.9 Å². The number of hydrogen-bond acceptors (Lipinski definition) is 2. The van der Waals surface area contributed by atoms with Crippen molar-refractivity contribution in [3.05, 3.63) is 107 Å². The standard InChI is InChI=1S/C26H26N2O2/c1-19-12-14-22(15-13-19)25(21-10-6-3-7-11-21)27-26(30)23-16-24(29)28(18-23)17-20-8-4-2-5-9-20/h2-15,23,25H,16-18H2,1H3,(H,27,30). The molecule has 1 heterocycles. The van der Waals surface area contributed by atoms with Gasteiger partial charge < -0.3 is 10.2 Å². The van der Waals surface area contributed by atoms with Crippen molar-refractivity contribution in [2.24, 2.45) is 5.92 Å². The van der Waals surface area contributed by atoms with E-state index in [1.165, 1.54) is 5.56 Å². The van der Waals surface area contributed by atoms with E-state index < -0.39 is 0 Å². The molecule has 0 spiro atoms. The highest BCUT2D eigenvalue weighted by Gasteiger charge is 2.35. The maximum Gasteiger partial charge on any atom is 0.226 e. The van der Waals surface area contributed by atoms with Gasteiger partial charge in [0.1, 0.15) is 0 Å². The highest BCUT2D eigenvalue weighted by atomic mass is 16.2. The summed E-state index contributed by atoms with van der Waals surface area (Å²) in [6, 6.07) is 27.8. The van der Waals surface area contributed by atoms with E-state index in [2.05, 4.69) is 29.6 Å². The first-order chi connectivity index (χ1) is 14.6. The van der Waals surface area contributed by atoms with E-state index in [0.717, 1.165) is 16.7 Å². The molecule has 0 bridgehead atoms. The zero-order chi connectivity index (χ0) is 20.9. The van der Waals surface area contributed by atoms with Crippen molar-refractivity contribution in [3.63, 3.8) is 0 Å². The summed E-state index contributed by atoms with van der Waals surface area (Å²) >= 11 is 0. The first-order valence-electron chi connectivity index (χ1n) is 10.3. The third kappa shape index (κ3) is 4.60. The molecular formula is C26H26N2O2. The number of carbonyl (C=O) groups excluding carboxylic acids is 2. The second kappa shape index (κ2) is 8.95. The number of rotatable bonds is 6. The molecule has 0 aromatic heterocycles. The molecule has 2 atom stereocenters. The molecular weight excluding hydrogens is 372 g/mol. The van der Waals surface area contributed by atoms with Crippen molar-refractivity contribution < 1.29 is 9.59 Å². The molecule has 0 radical (unpaired) electrons. The number of benzene rings is 3. The number of carbonyl (C=O) groups is 2. The molecule has 1 fully saturated rings. The van der Waals surface area contributed by atoms with Crippen LogP contribution >= 0.6 is 0 Å². The number of likely N-dealkylation sites (tertiary alicyclic amines) is 1. The summed E-state index contributed by atoms with van der Waals surface area (Å²) < 4.78 is 0. The smallest absolute Gasteiger partial charge is 0.226 e. The Morgan fingerprint density at radius 2 is 1.53 bits per heavy atom. The molecule has 0 saturated carbocycles. The van der Waals surface area contributed by atoms with Gasteiger partial charge in [0.15, 0.2) is 0 Å². The van der Waals surface area contributed by atoms with Gasteiger partial charge in [-0.05, 0) is 23.6 Å². The van der Waals surface area contributed by atoms with Crippen LogP contribution in [0.4, 0.5) is 0 Å². The van der Waals surface area contributed by atoms with Crippen LogP contribution in [0.15, 0.2) is 84.9 Å². The molecule has 30 heavy (non-hydrogen) atoms. The second-order valence-electron chi connectivity index (χ2n) is 7.92. The van der Waals surface area contributed by atoms with Gasteiger partial charge in [-0.15, -0.1) is 0 Å². The van der Waals surface area contributed by atoms with Crippen molar-refractivity contribution in [3.8, 4) is 0 Å². The van der Waals surface area contributed by atoms with Crippen LogP contribution in [0.25, 0.3) is 0 Å². The Bertz CT molecular complexity index is 1000. The number of hydrogen-bond donors (Lipinski definition) is 1. The summed E-state index contributed by atoms with van der Waals surface area (Å²) in [6.07, 6.45) is 0.258. The molecule has 4 heteroatoms. The monoisotopic (exact) mass is 398 g/mol. The van der Waals surface area contributed by atoms with Gasteiger partial charge in [-0.3, -0.25) is 9.59 Å². The molecule has 2 unspecified atom stereocenters. The summed E-state index contributed by atoms with van der Waals surface area (Å²) in [5.74, 6) is -0.378. The Morgan fingerprint density at radius 1 is 0.933 bits per heavy atom. The summed E-state index contributed by atoms with van der Waals surface area (Å²) in [5, 5.41) is 3.20. The summed E-state index contributed by atoms with van der Waals surface area (Å²) in [7, 11) is 0. The molecule has 4 rings (SSSR count). The van der Waals surface area contributed by atoms with Crippen molar-refractivity contribution in [2.75, 3.05) is 6.54 Å². The predicted octanol–water partition coefficient (Wildman–Crippen LogP) is 4.25. The molecule has 0 aliphatic carbocycles. The average Bonchev–Trinajstić information content (AvgIpc) is 3.14. The molecule has 1 aliphatic heterocycles. The van der Waals surface area contributed by atoms with Crippen LogP contribution in [0.1, 0.15) is 34.7 Å². The van der Waals surface area contributed by atoms with E-state index >= 15 is 0 Å². The number of nitrogens with zero attached hydrogens (tertiary/aromatic N) is 1. The molecule has 1 saturated heterocycles. The van der Waals surface area contributed by atoms with Gasteiger partial charge in [-0.1, -0.05) is 90.5 Å². The quantitative estimate of drug-likeness (QED) is 0.675. The minimum Gasteiger partial charge on any atom is -0.345 e. The topological polar surface area (TPSA) is 49.4 Å². The Balaban J connectivity index is 1.49. The summed E-state index contributed by atoms with van der Waals surface area (Å²) in [6.45, 7) is 3.05. The van der Waals surface area contributed by atoms with E-state index in [4.69, 9.17) is 0 Å². The van der Waals surface area contributed by atoms with Crippen molar-refractivity contribution >= 4 is 11.8 Å². The lowest BCUT2D eigenvalue weighted by Gasteiger charge is -2.22. The first-order valence-corrected chi connectivity index (χ1v) is 10.3. The largest absolute Gasteiger partial charge is 0.345 e. The van der Waals surface area contributed by atoms with Gasteiger partial charge >= 0.3 is 0 Å². The van der Waals surface area contributed by atoms with Crippen LogP contribution in [-0.2, 0) is 16.1 Å². The first kappa shape index (κ1) is 19.9. The van der Waals surface area contributed by atoms with Gasteiger partial charge in [0.25, 0.3) is 0 Å². The van der Waals surface area contributed by atoms with Crippen molar-refractivity contribution in [1.29, 1.82) is 0 Å². The molecule has 3 aromatic carbocycles. The molecule has 1 aliphatic rings. The molecule has 4 nitrogen and oxygen atoms in total. The Hall–Kier alpha value is -3.40. The lowest BCUT2D eigenvalue weighted by atomic mass is 9.96. The van der Waals surface area contributed by atoms with Gasteiger partial charge in [0.2, 0.25) is 11.8 Å². The fourth-order valence-electron chi connectivity index (χ4n) is 3.93. The summed E-state index contributed by atoms with van der Waals surface area (Å²) in [4.78, 5) is 27.4. The van der Waals surface area contributed by atoms with Crippen molar-refractivity contribution in [1.82, 2.24) is 10.2 Å². The zero-order valence-electron chi connectivity index (χ0n) is 17.1. The maximum absolute atomic E-state index is 13.1. The second-order valence-corrected chi connectivity index (χ2v) is 7.92. The van der Waals surface area contributed by atoms with Crippen LogP contribution in [-0.4, -0.2) is 23.3 Å². The molecule has 3 aromatic rings. The van der Waals surface area contributed by atoms with E-state index in [1.807, 2.05) is 67.6 Å². The van der Waals surface area contributed by atoms with Crippen LogP contribution in [0.2, 0.25) is 0 Å². The minimum absolute atomic E-state index is 0.0330. The van der Waals surface area contributed by atoms with Crippen LogP contribution in [0.3, 0.4) is 0 Å². The zero-order valence-corrected chi connectivity index (χ0v) is 17.1. The van der Waals surface area contributed by atoms with Gasteiger partial charge in [0.05, 0.1) is 12.0 Å². The molecule has 1 N–H and O–H groups in total. The van der Waals surface area contributed by atoms with Gasteiger partial charge in [-0.2, -0.15) is 0 Å². The van der Waals surface area contributed by atoms with Crippen LogP contribution in [0.5, 0.6) is 0 Å². The molecule has 152 valence electrons. The predicted molar refractivity (Wildman–Crippen MR) is 118 cm³/mol. The maximum atomic E-state index is 13.1. The number of amides is 2.